The Morgan fingerprint density at radius 3 is 1.18 bits per heavy atom. The summed E-state index contributed by atoms with van der Waals surface area (Å²) in [7, 11) is 0. The van der Waals surface area contributed by atoms with E-state index in [0.717, 1.165) is 72.4 Å². The van der Waals surface area contributed by atoms with Gasteiger partial charge >= 0.3 is 0 Å². The van der Waals surface area contributed by atoms with E-state index < -0.39 is 0 Å². The van der Waals surface area contributed by atoms with Crippen molar-refractivity contribution in [3.63, 3.8) is 0 Å². The highest BCUT2D eigenvalue weighted by Crippen LogP contribution is 2.40. The van der Waals surface area contributed by atoms with E-state index in [-0.39, 0.29) is 0 Å². The van der Waals surface area contributed by atoms with Gasteiger partial charge in [0.1, 0.15) is 0 Å². The van der Waals surface area contributed by atoms with Crippen LogP contribution in [-0.4, -0.2) is 24.1 Å². The van der Waals surface area contributed by atoms with Crippen molar-refractivity contribution in [3.8, 4) is 67.8 Å². The zero-order valence-corrected chi connectivity index (χ0v) is 33.6. The van der Waals surface area contributed by atoms with E-state index in [1.54, 1.807) is 0 Å². The van der Waals surface area contributed by atoms with Crippen molar-refractivity contribution in [2.75, 3.05) is 0 Å². The van der Waals surface area contributed by atoms with Crippen LogP contribution in [0.3, 0.4) is 0 Å². The lowest BCUT2D eigenvalue weighted by atomic mass is 9.99. The van der Waals surface area contributed by atoms with Gasteiger partial charge in [-0.1, -0.05) is 170 Å². The average molecular weight is 792 g/mol. The SMILES string of the molecule is c1ccc(-c2ccc(-c3nc(-c4ccccc4)nc(-c4ccc(-n5c6ccccc6c6ccccc65)c(-c5ccccc5)c4)n3)c(-n3c4ccccc4c4ccccc43)c2)cc1. The fraction of sp³-hybridized carbons (Fsp3) is 0. The van der Waals surface area contributed by atoms with E-state index in [0.29, 0.717) is 17.5 Å². The molecule has 290 valence electrons. The summed E-state index contributed by atoms with van der Waals surface area (Å²) in [6.07, 6.45) is 0. The fourth-order valence-corrected chi connectivity index (χ4v) is 9.14. The zero-order chi connectivity index (χ0) is 41.0. The number of para-hydroxylation sites is 4. The van der Waals surface area contributed by atoms with Gasteiger partial charge in [0.25, 0.3) is 0 Å². The maximum atomic E-state index is 5.42. The number of hydrogen-bond donors (Lipinski definition) is 0. The van der Waals surface area contributed by atoms with Crippen molar-refractivity contribution >= 4 is 43.6 Å². The average Bonchev–Trinajstić information content (AvgIpc) is 3.87. The fourth-order valence-electron chi connectivity index (χ4n) is 9.14. The highest BCUT2D eigenvalue weighted by atomic mass is 15.1. The Bertz CT molecular complexity index is 3520. The van der Waals surface area contributed by atoms with Crippen LogP contribution in [0.2, 0.25) is 0 Å². The van der Waals surface area contributed by atoms with Crippen LogP contribution in [0, 0.1) is 0 Å². The quantitative estimate of drug-likeness (QED) is 0.162. The van der Waals surface area contributed by atoms with Crippen molar-refractivity contribution in [2.24, 2.45) is 0 Å². The minimum absolute atomic E-state index is 0.595. The molecule has 0 N–H and O–H groups in total. The summed E-state index contributed by atoms with van der Waals surface area (Å²) in [4.78, 5) is 16.0. The summed E-state index contributed by atoms with van der Waals surface area (Å²) in [5.41, 5.74) is 13.8. The molecule has 0 unspecified atom stereocenters. The molecule has 0 aliphatic rings. The van der Waals surface area contributed by atoms with Crippen molar-refractivity contribution in [1.29, 1.82) is 0 Å². The molecule has 0 radical (unpaired) electrons. The number of fused-ring (bicyclic) bond motifs is 6. The van der Waals surface area contributed by atoms with Crippen LogP contribution in [0.1, 0.15) is 0 Å². The monoisotopic (exact) mass is 791 g/mol. The summed E-state index contributed by atoms with van der Waals surface area (Å²) in [5, 5.41) is 4.82. The summed E-state index contributed by atoms with van der Waals surface area (Å²) in [6, 6.07) is 79.2. The zero-order valence-electron chi connectivity index (χ0n) is 33.6. The molecular weight excluding hydrogens is 755 g/mol. The highest BCUT2D eigenvalue weighted by Gasteiger charge is 2.22. The number of nitrogens with zero attached hydrogens (tertiary/aromatic N) is 5. The third kappa shape index (κ3) is 5.90. The number of benzene rings is 9. The van der Waals surface area contributed by atoms with E-state index in [4.69, 9.17) is 15.0 Å². The second kappa shape index (κ2) is 14.7. The van der Waals surface area contributed by atoms with Crippen molar-refractivity contribution in [3.05, 3.63) is 224 Å². The number of rotatable bonds is 7. The topological polar surface area (TPSA) is 48.5 Å². The van der Waals surface area contributed by atoms with Crippen LogP contribution in [-0.2, 0) is 0 Å². The van der Waals surface area contributed by atoms with E-state index in [9.17, 15) is 0 Å². The first-order valence-electron chi connectivity index (χ1n) is 21.0. The van der Waals surface area contributed by atoms with Gasteiger partial charge in [-0.2, -0.15) is 0 Å². The predicted molar refractivity (Wildman–Crippen MR) is 256 cm³/mol. The van der Waals surface area contributed by atoms with Crippen molar-refractivity contribution < 1.29 is 0 Å². The summed E-state index contributed by atoms with van der Waals surface area (Å²) in [6.45, 7) is 0. The molecule has 0 saturated heterocycles. The largest absolute Gasteiger partial charge is 0.309 e. The Morgan fingerprint density at radius 2 is 0.645 bits per heavy atom. The lowest BCUT2D eigenvalue weighted by Gasteiger charge is -2.17. The molecule has 0 amide bonds. The van der Waals surface area contributed by atoms with E-state index in [1.807, 2.05) is 18.2 Å². The minimum atomic E-state index is 0.595. The Balaban J connectivity index is 1.12. The molecular formula is C57H37N5. The van der Waals surface area contributed by atoms with Crippen LogP contribution in [0.5, 0.6) is 0 Å². The first-order valence-corrected chi connectivity index (χ1v) is 21.0. The van der Waals surface area contributed by atoms with Crippen LogP contribution < -0.4 is 0 Å². The molecule has 12 rings (SSSR count). The number of aromatic nitrogens is 5. The predicted octanol–water partition coefficient (Wildman–Crippen LogP) is 14.4. The lowest BCUT2D eigenvalue weighted by molar-refractivity contribution is 1.06. The maximum Gasteiger partial charge on any atom is 0.166 e. The molecule has 0 saturated carbocycles. The Hall–Kier alpha value is -8.41. The van der Waals surface area contributed by atoms with E-state index >= 15 is 0 Å². The normalized spacial score (nSPS) is 11.5. The first-order chi connectivity index (χ1) is 30.8. The van der Waals surface area contributed by atoms with Crippen LogP contribution in [0.25, 0.3) is 111 Å². The first kappa shape index (κ1) is 35.5. The van der Waals surface area contributed by atoms with Crippen LogP contribution in [0.4, 0.5) is 0 Å². The molecule has 5 heteroatoms. The second-order valence-electron chi connectivity index (χ2n) is 15.6. The Kier molecular flexibility index (Phi) is 8.42. The van der Waals surface area contributed by atoms with Gasteiger partial charge < -0.3 is 9.13 Å². The summed E-state index contributed by atoms with van der Waals surface area (Å²) < 4.78 is 4.75. The third-order valence-electron chi connectivity index (χ3n) is 12.0. The number of hydrogen-bond acceptors (Lipinski definition) is 3. The van der Waals surface area contributed by atoms with Crippen molar-refractivity contribution in [2.45, 2.75) is 0 Å². The Morgan fingerprint density at radius 1 is 0.242 bits per heavy atom. The Labute approximate surface area is 358 Å². The molecule has 0 aliphatic carbocycles. The molecule has 0 atom stereocenters. The van der Waals surface area contributed by atoms with Crippen LogP contribution in [0.15, 0.2) is 224 Å². The molecule has 0 spiro atoms. The molecule has 3 aromatic heterocycles. The molecule has 5 nitrogen and oxygen atoms in total. The van der Waals surface area contributed by atoms with Gasteiger partial charge in [0, 0.05) is 43.8 Å². The van der Waals surface area contributed by atoms with Crippen molar-refractivity contribution in [1.82, 2.24) is 24.1 Å². The standard InChI is InChI=1S/C57H37N5/c1-4-18-38(19-5-1)41-32-34-47(54(37-41)62-51-30-16-12-26-45(51)46-27-13-17-31-52(46)62)57-59-55(40-22-8-3-9-23-40)58-56(60-57)42-33-35-53(48(36-42)39-20-6-2-7-21-39)61-49-28-14-10-24-43(49)44-25-11-15-29-50(44)61/h1-37H. The molecule has 12 aromatic rings. The van der Waals surface area contributed by atoms with Crippen LogP contribution >= 0.6 is 0 Å². The summed E-state index contributed by atoms with van der Waals surface area (Å²) in [5.74, 6) is 1.80. The van der Waals surface area contributed by atoms with Gasteiger partial charge in [-0.05, 0) is 71.3 Å². The molecule has 62 heavy (non-hydrogen) atoms. The molecule has 0 fully saturated rings. The molecule has 0 bridgehead atoms. The minimum Gasteiger partial charge on any atom is -0.309 e. The smallest absolute Gasteiger partial charge is 0.166 e. The molecule has 3 heterocycles. The maximum absolute atomic E-state index is 5.42. The van der Waals surface area contributed by atoms with Gasteiger partial charge in [0.2, 0.25) is 0 Å². The van der Waals surface area contributed by atoms with Gasteiger partial charge in [0.05, 0.1) is 33.4 Å². The third-order valence-corrected chi connectivity index (χ3v) is 12.0. The van der Waals surface area contributed by atoms with Gasteiger partial charge in [-0.15, -0.1) is 0 Å². The second-order valence-corrected chi connectivity index (χ2v) is 15.6. The highest BCUT2D eigenvalue weighted by molar-refractivity contribution is 6.11. The van der Waals surface area contributed by atoms with Gasteiger partial charge in [-0.3, -0.25) is 0 Å². The van der Waals surface area contributed by atoms with Gasteiger partial charge in [-0.25, -0.2) is 15.0 Å². The van der Waals surface area contributed by atoms with Gasteiger partial charge in [0.15, 0.2) is 17.5 Å². The summed E-state index contributed by atoms with van der Waals surface area (Å²) >= 11 is 0. The van der Waals surface area contributed by atoms with E-state index in [1.165, 1.54) is 21.5 Å². The van der Waals surface area contributed by atoms with E-state index in [2.05, 4.69) is 215 Å². The molecule has 0 aliphatic heterocycles. The molecule has 9 aromatic carbocycles. The lowest BCUT2D eigenvalue weighted by Crippen LogP contribution is -2.04.